The molecule has 0 aliphatic rings. The first-order chi connectivity index (χ1) is 11.3. The van der Waals surface area contributed by atoms with E-state index in [0.717, 1.165) is 7.11 Å². The smallest absolute Gasteiger partial charge is 0.351 e. The van der Waals surface area contributed by atoms with Crippen molar-refractivity contribution in [1.82, 2.24) is 0 Å². The Morgan fingerprint density at radius 1 is 0.905 bits per heavy atom. The van der Waals surface area contributed by atoms with Gasteiger partial charge in [0.1, 0.15) is 0 Å². The van der Waals surface area contributed by atoms with Crippen LogP contribution < -0.4 is 0 Å². The maximum atomic E-state index is 12.0. The van der Waals surface area contributed by atoms with Crippen molar-refractivity contribution in [2.75, 3.05) is 13.7 Å². The van der Waals surface area contributed by atoms with Crippen molar-refractivity contribution in [2.24, 2.45) is 0 Å². The molecule has 0 aromatic carbocycles. The summed E-state index contributed by atoms with van der Waals surface area (Å²) in [6.45, 7) is -3.50. The number of esters is 4. The van der Waals surface area contributed by atoms with Gasteiger partial charge in [0.2, 0.25) is 18.0 Å². The van der Waals surface area contributed by atoms with Crippen molar-refractivity contribution in [3.63, 3.8) is 0 Å². The van der Waals surface area contributed by atoms with E-state index >= 15 is 0 Å². The van der Waals surface area contributed by atoms with Gasteiger partial charge in [-0.1, -0.05) is 0 Å². The van der Waals surface area contributed by atoms with Crippen LogP contribution in [0.1, 0.15) is 24.8 Å². The molecule has 0 spiro atoms. The van der Waals surface area contributed by atoms with Crippen molar-refractivity contribution in [3.8, 4) is 0 Å². The number of carbonyl (C=O) groups is 5. The largest absolute Gasteiger partial charge is 0.466 e. The van der Waals surface area contributed by atoms with Gasteiger partial charge in [-0.05, 0) is 0 Å². The number of ether oxygens (including phenoxy) is 4. The predicted octanol–water partition coefficient (Wildman–Crippen LogP) is -0.845. The highest BCUT2D eigenvalue weighted by Gasteiger charge is 2.40. The van der Waals surface area contributed by atoms with Gasteiger partial charge in [-0.3, -0.25) is 19.2 Å². The third-order valence-corrected chi connectivity index (χ3v) is 1.92. The molecule has 2 atom stereocenters. The van der Waals surface area contributed by atoms with Gasteiger partial charge in [-0.25, -0.2) is 4.79 Å². The van der Waals surface area contributed by atoms with E-state index in [1.54, 1.807) is 0 Å². The van der Waals surface area contributed by atoms with Crippen LogP contribution >= 0.6 is 0 Å². The Hall–Kier alpha value is -2.45. The van der Waals surface area contributed by atoms with E-state index in [1.807, 2.05) is 0 Å². The zero-order valence-corrected chi connectivity index (χ0v) is 11.2. The first kappa shape index (κ1) is 13.5. The Bertz CT molecular complexity index is 494. The van der Waals surface area contributed by atoms with E-state index in [9.17, 15) is 24.0 Å². The second kappa shape index (κ2) is 8.67. The van der Waals surface area contributed by atoms with E-state index in [2.05, 4.69) is 18.9 Å². The molecule has 0 bridgehead atoms. The summed E-state index contributed by atoms with van der Waals surface area (Å²) in [5.41, 5.74) is 0. The van der Waals surface area contributed by atoms with Gasteiger partial charge in [-0.15, -0.1) is 0 Å². The third kappa shape index (κ3) is 7.04. The minimum absolute atomic E-state index is 0.765. The Labute approximate surface area is 124 Å². The molecule has 118 valence electrons. The minimum atomic E-state index is -2.02. The number of Topliss-reactive ketones (excluding diaryl/α,β-unsaturated/α-hetero) is 1. The topological polar surface area (TPSA) is 122 Å². The van der Waals surface area contributed by atoms with E-state index in [4.69, 9.17) is 4.11 Å². The zero-order chi connectivity index (χ0) is 18.7. The molecular weight excluding hydrogens is 288 g/mol. The van der Waals surface area contributed by atoms with Crippen LogP contribution in [-0.2, 0) is 42.9 Å². The van der Waals surface area contributed by atoms with Gasteiger partial charge in [0.05, 0.1) is 7.11 Å². The predicted molar refractivity (Wildman–Crippen MR) is 64.8 cm³/mol. The fraction of sp³-hybridized carbons (Fsp3) is 0.583. The van der Waals surface area contributed by atoms with Crippen LogP contribution in [0.25, 0.3) is 0 Å². The molecule has 9 nitrogen and oxygen atoms in total. The van der Waals surface area contributed by atoms with Crippen LogP contribution in [0.2, 0.25) is 0 Å². The summed E-state index contributed by atoms with van der Waals surface area (Å²) in [5, 5.41) is 0. The van der Waals surface area contributed by atoms with E-state index in [-0.39, 0.29) is 0 Å². The quantitative estimate of drug-likeness (QED) is 0.437. The van der Waals surface area contributed by atoms with Gasteiger partial charge >= 0.3 is 23.9 Å². The average molecular weight is 307 g/mol. The summed E-state index contributed by atoms with van der Waals surface area (Å²) in [4.78, 5) is 57.1. The number of rotatable bonds is 7. The van der Waals surface area contributed by atoms with Gasteiger partial charge in [0, 0.05) is 24.8 Å². The summed E-state index contributed by atoms with van der Waals surface area (Å²) in [6.07, 6.45) is -4.05. The number of hydrogen-bond donors (Lipinski definition) is 0. The molecule has 21 heavy (non-hydrogen) atoms. The molecule has 0 rings (SSSR count). The zero-order valence-electron chi connectivity index (χ0n) is 14.2. The number of hydrogen-bond acceptors (Lipinski definition) is 9. The van der Waals surface area contributed by atoms with Crippen LogP contribution in [0.4, 0.5) is 0 Å². The summed E-state index contributed by atoms with van der Waals surface area (Å²) < 4.78 is 38.4. The molecule has 0 aliphatic heterocycles. The normalized spacial score (nSPS) is 14.4. The summed E-state index contributed by atoms with van der Waals surface area (Å²) in [5.74, 6) is -5.84. The number of ketones is 1. The lowest BCUT2D eigenvalue weighted by atomic mass is 10.1. The summed E-state index contributed by atoms with van der Waals surface area (Å²) in [6, 6.07) is 0. The molecule has 0 aromatic rings. The molecule has 0 aliphatic carbocycles. The molecule has 0 saturated heterocycles. The molecule has 0 saturated carbocycles. The van der Waals surface area contributed by atoms with Crippen molar-refractivity contribution >= 4 is 29.7 Å². The van der Waals surface area contributed by atoms with Crippen molar-refractivity contribution in [2.45, 2.75) is 32.9 Å². The van der Waals surface area contributed by atoms with Crippen LogP contribution in [0.5, 0.6) is 0 Å². The highest BCUT2D eigenvalue weighted by Crippen LogP contribution is 2.10. The highest BCUT2D eigenvalue weighted by molar-refractivity contribution is 5.94. The van der Waals surface area contributed by atoms with Crippen LogP contribution in [0.3, 0.4) is 0 Å². The minimum Gasteiger partial charge on any atom is -0.466 e. The molecule has 0 unspecified atom stereocenters. The lowest BCUT2D eigenvalue weighted by Crippen LogP contribution is -2.47. The average Bonchev–Trinajstić information content (AvgIpc) is 2.60. The third-order valence-electron chi connectivity index (χ3n) is 1.92. The van der Waals surface area contributed by atoms with Gasteiger partial charge in [-0.2, -0.15) is 0 Å². The Balaban J connectivity index is 5.38. The molecule has 0 radical (unpaired) electrons. The van der Waals surface area contributed by atoms with Crippen LogP contribution in [-0.4, -0.2) is 55.6 Å². The first-order valence-corrected chi connectivity index (χ1v) is 5.33. The monoisotopic (exact) mass is 307 g/mol. The van der Waals surface area contributed by atoms with E-state index < -0.39 is 69.2 Å². The summed E-state index contributed by atoms with van der Waals surface area (Å²) >= 11 is 0. The van der Waals surface area contributed by atoms with Crippen LogP contribution in [0, 0.1) is 0 Å². The fourth-order valence-electron chi connectivity index (χ4n) is 1.16. The molecule has 0 heterocycles. The van der Waals surface area contributed by atoms with Crippen LogP contribution in [0.15, 0.2) is 0 Å². The molecule has 0 aromatic heterocycles. The molecule has 0 amide bonds. The van der Waals surface area contributed by atoms with E-state index in [0.29, 0.717) is 0 Å². The first-order valence-electron chi connectivity index (χ1n) is 7.45. The highest BCUT2D eigenvalue weighted by atomic mass is 16.6. The maximum Gasteiger partial charge on any atom is 0.351 e. The van der Waals surface area contributed by atoms with Crippen molar-refractivity contribution < 1.29 is 47.0 Å². The molecule has 0 N–H and O–H groups in total. The number of methoxy groups -OCH3 is 1. The van der Waals surface area contributed by atoms with Gasteiger partial charge < -0.3 is 18.9 Å². The Kier molecular flexibility index (Phi) is 5.58. The second-order valence-corrected chi connectivity index (χ2v) is 3.47. The molecular formula is C12H16O9. The maximum absolute atomic E-state index is 12.0. The molecule has 9 heteroatoms. The lowest BCUT2D eigenvalue weighted by Gasteiger charge is -2.23. The Morgan fingerprint density at radius 2 is 1.43 bits per heavy atom. The van der Waals surface area contributed by atoms with Crippen molar-refractivity contribution in [3.05, 3.63) is 0 Å². The van der Waals surface area contributed by atoms with Crippen molar-refractivity contribution in [1.29, 1.82) is 0 Å². The fourth-order valence-corrected chi connectivity index (χ4v) is 1.16. The Morgan fingerprint density at radius 3 is 1.90 bits per heavy atom. The summed E-state index contributed by atoms with van der Waals surface area (Å²) in [7, 11) is 0.915. The number of carbonyl (C=O) groups excluding carboxylic acids is 5. The standard InChI is InChI=1S/C12H16O9/c1-6(13)19-5-9(16)10(20-7(2)14)11(12(17)18-4)21-8(3)15/h10-11H,5H2,1-4H3/t10-,11-/m1/s1/i1D,2D,3D. The van der Waals surface area contributed by atoms with E-state index in [1.165, 1.54) is 0 Å². The van der Waals surface area contributed by atoms with Gasteiger partial charge in [0.15, 0.2) is 6.61 Å². The molecule has 0 fully saturated rings. The lowest BCUT2D eigenvalue weighted by molar-refractivity contribution is -0.182. The second-order valence-electron chi connectivity index (χ2n) is 3.47. The van der Waals surface area contributed by atoms with Gasteiger partial charge in [0.25, 0.3) is 0 Å². The SMILES string of the molecule is [2H]CC(=O)OCC(=O)[C@@H](OC(=O)C[2H])[C@@H](OC(=O)C[2H])C(=O)OC.